The van der Waals surface area contributed by atoms with Gasteiger partial charge in [-0.2, -0.15) is 5.10 Å². The Labute approximate surface area is 170 Å². The summed E-state index contributed by atoms with van der Waals surface area (Å²) in [5.74, 6) is 1.75. The SMILES string of the molecule is C(=NNc1nnc2c3cccnc3c3ccccc3c2n1)c1ccc2c(c1)OCO2. The first kappa shape index (κ1) is 16.6. The summed E-state index contributed by atoms with van der Waals surface area (Å²) >= 11 is 0. The third kappa shape index (κ3) is 2.66. The lowest BCUT2D eigenvalue weighted by Gasteiger charge is -2.08. The Morgan fingerprint density at radius 3 is 2.60 bits per heavy atom. The maximum absolute atomic E-state index is 5.38. The Bertz CT molecular complexity index is 1430. The molecular formula is C22H14N6O2. The van der Waals surface area contributed by atoms with Crippen LogP contribution in [0.1, 0.15) is 5.56 Å². The highest BCUT2D eigenvalue weighted by Gasteiger charge is 2.13. The van der Waals surface area contributed by atoms with Crippen molar-refractivity contribution in [2.24, 2.45) is 5.10 Å². The van der Waals surface area contributed by atoms with Crippen molar-refractivity contribution < 1.29 is 9.47 Å². The zero-order chi connectivity index (χ0) is 19.9. The summed E-state index contributed by atoms with van der Waals surface area (Å²) in [5, 5.41) is 15.8. The quantitative estimate of drug-likeness (QED) is 0.282. The molecule has 8 heteroatoms. The third-order valence-electron chi connectivity index (χ3n) is 4.96. The van der Waals surface area contributed by atoms with E-state index in [4.69, 9.17) is 9.47 Å². The lowest BCUT2D eigenvalue weighted by atomic mass is 10.0. The Morgan fingerprint density at radius 1 is 0.833 bits per heavy atom. The predicted octanol–water partition coefficient (Wildman–Crippen LogP) is 3.90. The zero-order valence-corrected chi connectivity index (χ0v) is 15.6. The van der Waals surface area contributed by atoms with Crippen molar-refractivity contribution in [2.45, 2.75) is 0 Å². The Balaban J connectivity index is 1.40. The number of rotatable bonds is 3. The van der Waals surface area contributed by atoms with E-state index in [0.29, 0.717) is 17.2 Å². The molecule has 8 nitrogen and oxygen atoms in total. The largest absolute Gasteiger partial charge is 0.454 e. The number of anilines is 1. The number of hydrogen-bond acceptors (Lipinski definition) is 8. The first-order chi connectivity index (χ1) is 14.9. The topological polar surface area (TPSA) is 94.4 Å². The van der Waals surface area contributed by atoms with Gasteiger partial charge in [0.05, 0.1) is 11.7 Å². The first-order valence-electron chi connectivity index (χ1n) is 9.35. The van der Waals surface area contributed by atoms with Gasteiger partial charge < -0.3 is 9.47 Å². The summed E-state index contributed by atoms with van der Waals surface area (Å²) < 4.78 is 10.7. The number of aromatic nitrogens is 4. The fourth-order valence-corrected chi connectivity index (χ4v) is 3.61. The van der Waals surface area contributed by atoms with Crippen molar-refractivity contribution >= 4 is 44.9 Å². The maximum Gasteiger partial charge on any atom is 0.263 e. The van der Waals surface area contributed by atoms with E-state index in [0.717, 1.165) is 38.5 Å². The van der Waals surface area contributed by atoms with Crippen molar-refractivity contribution in [3.05, 3.63) is 66.4 Å². The van der Waals surface area contributed by atoms with Crippen LogP contribution in [0.5, 0.6) is 11.5 Å². The Kier molecular flexibility index (Phi) is 3.67. The summed E-state index contributed by atoms with van der Waals surface area (Å²) in [6.07, 6.45) is 3.44. The van der Waals surface area contributed by atoms with Gasteiger partial charge in [0.25, 0.3) is 5.95 Å². The molecule has 0 atom stereocenters. The second-order valence-electron chi connectivity index (χ2n) is 6.76. The van der Waals surface area contributed by atoms with Gasteiger partial charge >= 0.3 is 0 Å². The number of pyridine rings is 1. The number of nitrogens with one attached hydrogen (secondary N) is 1. The first-order valence-corrected chi connectivity index (χ1v) is 9.35. The van der Waals surface area contributed by atoms with Gasteiger partial charge in [-0.15, -0.1) is 10.2 Å². The van der Waals surface area contributed by atoms with E-state index in [2.05, 4.69) is 30.7 Å². The molecule has 0 unspecified atom stereocenters. The van der Waals surface area contributed by atoms with Crippen LogP contribution in [-0.2, 0) is 0 Å². The molecule has 30 heavy (non-hydrogen) atoms. The lowest BCUT2D eigenvalue weighted by molar-refractivity contribution is 0.174. The molecule has 1 N–H and O–H groups in total. The maximum atomic E-state index is 5.38. The molecule has 5 aromatic rings. The number of ether oxygens (including phenoxy) is 2. The highest BCUT2D eigenvalue weighted by molar-refractivity contribution is 6.21. The summed E-state index contributed by atoms with van der Waals surface area (Å²) in [6.45, 7) is 0.239. The van der Waals surface area contributed by atoms with Gasteiger partial charge in [0.1, 0.15) is 11.0 Å². The molecule has 3 heterocycles. The molecule has 0 aliphatic carbocycles. The molecule has 0 spiro atoms. The zero-order valence-electron chi connectivity index (χ0n) is 15.6. The second kappa shape index (κ2) is 6.63. The normalized spacial score (nSPS) is 12.9. The second-order valence-corrected chi connectivity index (χ2v) is 6.76. The van der Waals surface area contributed by atoms with Crippen LogP contribution in [0.4, 0.5) is 5.95 Å². The van der Waals surface area contributed by atoms with E-state index in [-0.39, 0.29) is 6.79 Å². The van der Waals surface area contributed by atoms with Crippen LogP contribution < -0.4 is 14.9 Å². The van der Waals surface area contributed by atoms with E-state index in [9.17, 15) is 0 Å². The summed E-state index contributed by atoms with van der Waals surface area (Å²) in [4.78, 5) is 9.21. The fraction of sp³-hybridized carbons (Fsp3) is 0.0455. The number of hydrazone groups is 1. The van der Waals surface area contributed by atoms with Crippen LogP contribution in [0.2, 0.25) is 0 Å². The van der Waals surface area contributed by atoms with Crippen LogP contribution in [-0.4, -0.2) is 33.2 Å². The molecular weight excluding hydrogens is 380 g/mol. The van der Waals surface area contributed by atoms with E-state index < -0.39 is 0 Å². The predicted molar refractivity (Wildman–Crippen MR) is 114 cm³/mol. The minimum Gasteiger partial charge on any atom is -0.454 e. The molecule has 0 amide bonds. The molecule has 1 aliphatic rings. The van der Waals surface area contributed by atoms with Gasteiger partial charge in [-0.05, 0) is 35.9 Å². The minimum absolute atomic E-state index is 0.239. The molecule has 6 rings (SSSR count). The standard InChI is InChI=1S/C22H14N6O2/c1-2-5-15-14(4-1)19-16(6-3-9-23-19)21-20(15)25-22(28-26-21)27-24-11-13-7-8-17-18(10-13)30-12-29-17/h1-11H,12H2,(H,25,27,28). The highest BCUT2D eigenvalue weighted by Crippen LogP contribution is 2.32. The minimum atomic E-state index is 0.239. The van der Waals surface area contributed by atoms with Gasteiger partial charge in [0.2, 0.25) is 6.79 Å². The van der Waals surface area contributed by atoms with E-state index >= 15 is 0 Å². The van der Waals surface area contributed by atoms with E-state index in [1.165, 1.54) is 0 Å². The van der Waals surface area contributed by atoms with Crippen LogP contribution in [0.15, 0.2) is 65.9 Å². The van der Waals surface area contributed by atoms with E-state index in [1.807, 2.05) is 54.6 Å². The smallest absolute Gasteiger partial charge is 0.263 e. The van der Waals surface area contributed by atoms with Crippen LogP contribution in [0, 0.1) is 0 Å². The molecule has 1 aliphatic heterocycles. The summed E-state index contributed by atoms with van der Waals surface area (Å²) in [5.41, 5.74) is 6.08. The highest BCUT2D eigenvalue weighted by atomic mass is 16.7. The average Bonchev–Trinajstić information content (AvgIpc) is 3.27. The fourth-order valence-electron chi connectivity index (χ4n) is 3.61. The number of fused-ring (bicyclic) bond motifs is 7. The molecule has 0 saturated heterocycles. The van der Waals surface area contributed by atoms with Gasteiger partial charge in [0.15, 0.2) is 11.5 Å². The number of benzene rings is 3. The Morgan fingerprint density at radius 2 is 1.67 bits per heavy atom. The number of hydrogen-bond donors (Lipinski definition) is 1. The van der Waals surface area contributed by atoms with Crippen molar-refractivity contribution in [1.82, 2.24) is 20.2 Å². The monoisotopic (exact) mass is 394 g/mol. The van der Waals surface area contributed by atoms with Gasteiger partial charge in [-0.3, -0.25) is 4.98 Å². The van der Waals surface area contributed by atoms with Crippen molar-refractivity contribution in [3.8, 4) is 11.5 Å². The summed E-state index contributed by atoms with van der Waals surface area (Å²) in [6, 6.07) is 17.5. The van der Waals surface area contributed by atoms with Gasteiger partial charge in [-0.1, -0.05) is 24.3 Å². The molecule has 0 fully saturated rings. The molecule has 2 aromatic heterocycles. The molecule has 0 radical (unpaired) electrons. The van der Waals surface area contributed by atoms with Crippen LogP contribution in [0.3, 0.4) is 0 Å². The van der Waals surface area contributed by atoms with Gasteiger partial charge in [0, 0.05) is 22.4 Å². The van der Waals surface area contributed by atoms with Crippen molar-refractivity contribution in [3.63, 3.8) is 0 Å². The number of nitrogens with zero attached hydrogens (tertiary/aromatic N) is 5. The Hall–Kier alpha value is -4.33. The van der Waals surface area contributed by atoms with Crippen LogP contribution in [0.25, 0.3) is 32.7 Å². The van der Waals surface area contributed by atoms with Crippen molar-refractivity contribution in [2.75, 3.05) is 12.2 Å². The van der Waals surface area contributed by atoms with Crippen molar-refractivity contribution in [1.29, 1.82) is 0 Å². The third-order valence-corrected chi connectivity index (χ3v) is 4.96. The van der Waals surface area contributed by atoms with Crippen LogP contribution >= 0.6 is 0 Å². The average molecular weight is 394 g/mol. The van der Waals surface area contributed by atoms with E-state index in [1.54, 1.807) is 12.4 Å². The molecule has 0 saturated carbocycles. The molecule has 3 aromatic carbocycles. The molecule has 144 valence electrons. The van der Waals surface area contributed by atoms with Gasteiger partial charge in [-0.25, -0.2) is 10.4 Å². The molecule has 0 bridgehead atoms. The lowest BCUT2D eigenvalue weighted by Crippen LogP contribution is -2.00. The summed E-state index contributed by atoms with van der Waals surface area (Å²) in [7, 11) is 0.